The number of benzene rings is 2. The van der Waals surface area contributed by atoms with Crippen molar-refractivity contribution in [3.63, 3.8) is 0 Å². The highest BCUT2D eigenvalue weighted by Gasteiger charge is 2.06. The van der Waals surface area contributed by atoms with Crippen molar-refractivity contribution in [1.82, 2.24) is 15.3 Å². The fourth-order valence-electron chi connectivity index (χ4n) is 2.19. The van der Waals surface area contributed by atoms with E-state index in [2.05, 4.69) is 36.5 Å². The van der Waals surface area contributed by atoms with Crippen molar-refractivity contribution in [3.8, 4) is 0 Å². The Labute approximate surface area is 142 Å². The van der Waals surface area contributed by atoms with Gasteiger partial charge in [-0.15, -0.1) is 0 Å². The molecule has 0 saturated heterocycles. The molecule has 6 heteroatoms. The number of anilines is 1. The first-order chi connectivity index (χ1) is 11.2. The Bertz CT molecular complexity index is 823. The molecule has 0 radical (unpaired) electrons. The van der Waals surface area contributed by atoms with Crippen LogP contribution in [0.1, 0.15) is 5.56 Å². The lowest BCUT2D eigenvalue weighted by Gasteiger charge is -2.09. The van der Waals surface area contributed by atoms with Crippen LogP contribution in [0.15, 0.2) is 59.3 Å². The monoisotopic (exact) mass is 370 g/mol. The molecule has 0 fully saturated rings. The molecule has 23 heavy (non-hydrogen) atoms. The first-order valence-corrected chi connectivity index (χ1v) is 7.96. The van der Waals surface area contributed by atoms with E-state index in [1.165, 1.54) is 6.33 Å². The van der Waals surface area contributed by atoms with Gasteiger partial charge in [0.05, 0.1) is 12.1 Å². The van der Waals surface area contributed by atoms with E-state index in [0.29, 0.717) is 12.4 Å². The number of rotatable bonds is 5. The molecule has 0 aliphatic carbocycles. The molecule has 0 unspecified atom stereocenters. The second-order valence-corrected chi connectivity index (χ2v) is 5.92. The van der Waals surface area contributed by atoms with E-state index >= 15 is 0 Å². The number of nitrogens with one attached hydrogen (secondary N) is 2. The number of carbonyl (C=O) groups is 1. The Morgan fingerprint density at radius 3 is 2.74 bits per heavy atom. The van der Waals surface area contributed by atoms with E-state index in [0.717, 1.165) is 20.9 Å². The molecule has 0 saturated carbocycles. The van der Waals surface area contributed by atoms with Crippen molar-refractivity contribution < 1.29 is 4.79 Å². The molecule has 0 aliphatic heterocycles. The minimum atomic E-state index is -0.0874. The second kappa shape index (κ2) is 7.19. The van der Waals surface area contributed by atoms with Gasteiger partial charge in [-0.25, -0.2) is 9.97 Å². The lowest BCUT2D eigenvalue weighted by atomic mass is 10.2. The van der Waals surface area contributed by atoms with Crippen LogP contribution in [0.3, 0.4) is 0 Å². The molecule has 1 aromatic heterocycles. The fourth-order valence-corrected chi connectivity index (χ4v) is 2.55. The van der Waals surface area contributed by atoms with Gasteiger partial charge in [-0.2, -0.15) is 0 Å². The molecule has 0 bridgehead atoms. The maximum Gasteiger partial charge on any atom is 0.239 e. The number of nitrogens with zero attached hydrogens (tertiary/aromatic N) is 2. The summed E-state index contributed by atoms with van der Waals surface area (Å²) in [4.78, 5) is 20.4. The van der Waals surface area contributed by atoms with Crippen molar-refractivity contribution in [2.45, 2.75) is 6.54 Å². The van der Waals surface area contributed by atoms with Gasteiger partial charge in [0.25, 0.3) is 0 Å². The number of hydrogen-bond donors (Lipinski definition) is 2. The summed E-state index contributed by atoms with van der Waals surface area (Å²) in [6.45, 7) is 0.670. The van der Waals surface area contributed by atoms with Gasteiger partial charge < -0.3 is 10.6 Å². The van der Waals surface area contributed by atoms with Gasteiger partial charge in [-0.3, -0.25) is 4.79 Å². The number of carbonyl (C=O) groups excluding carboxylic acids is 1. The van der Waals surface area contributed by atoms with E-state index in [1.54, 1.807) is 0 Å². The van der Waals surface area contributed by atoms with Gasteiger partial charge in [0.2, 0.25) is 5.91 Å². The topological polar surface area (TPSA) is 66.9 Å². The third-order valence-electron chi connectivity index (χ3n) is 3.35. The molecule has 0 spiro atoms. The fraction of sp³-hybridized carbons (Fsp3) is 0.118. The smallest absolute Gasteiger partial charge is 0.239 e. The van der Waals surface area contributed by atoms with E-state index in [9.17, 15) is 4.79 Å². The van der Waals surface area contributed by atoms with Crippen LogP contribution in [0, 0.1) is 0 Å². The van der Waals surface area contributed by atoms with E-state index in [-0.39, 0.29) is 12.5 Å². The predicted octanol–water partition coefficient (Wildman–Crippen LogP) is 3.12. The standard InChI is InChI=1S/C17H15BrN4O/c18-13-6-7-15-14(8-13)17(22-11-21-15)20-10-16(23)19-9-12-4-2-1-3-5-12/h1-8,11H,9-10H2,(H,19,23)(H,20,21,22). The molecular formula is C17H15BrN4O. The molecule has 3 aromatic rings. The zero-order valence-electron chi connectivity index (χ0n) is 12.3. The molecule has 2 N–H and O–H groups in total. The number of hydrogen-bond acceptors (Lipinski definition) is 4. The summed E-state index contributed by atoms with van der Waals surface area (Å²) in [5.74, 6) is 0.557. The van der Waals surface area contributed by atoms with E-state index in [4.69, 9.17) is 0 Å². The van der Waals surface area contributed by atoms with Crippen molar-refractivity contribution in [2.75, 3.05) is 11.9 Å². The van der Waals surface area contributed by atoms with Gasteiger partial charge >= 0.3 is 0 Å². The number of fused-ring (bicyclic) bond motifs is 1. The van der Waals surface area contributed by atoms with Crippen LogP contribution in [0.4, 0.5) is 5.82 Å². The van der Waals surface area contributed by atoms with Gasteiger partial charge in [0.1, 0.15) is 12.1 Å². The summed E-state index contributed by atoms with van der Waals surface area (Å²) in [7, 11) is 0. The van der Waals surface area contributed by atoms with Crippen LogP contribution in [0.5, 0.6) is 0 Å². The van der Waals surface area contributed by atoms with Crippen LogP contribution in [0.2, 0.25) is 0 Å². The van der Waals surface area contributed by atoms with Crippen LogP contribution < -0.4 is 10.6 Å². The van der Waals surface area contributed by atoms with Gasteiger partial charge in [0, 0.05) is 16.4 Å². The first kappa shape index (κ1) is 15.4. The maximum absolute atomic E-state index is 12.0. The number of halogens is 1. The summed E-state index contributed by atoms with van der Waals surface area (Å²) in [6, 6.07) is 15.6. The lowest BCUT2D eigenvalue weighted by molar-refractivity contribution is -0.119. The number of amides is 1. The third kappa shape index (κ3) is 4.04. The Kier molecular flexibility index (Phi) is 4.83. The highest BCUT2D eigenvalue weighted by molar-refractivity contribution is 9.10. The average molecular weight is 371 g/mol. The normalized spacial score (nSPS) is 10.5. The highest BCUT2D eigenvalue weighted by atomic mass is 79.9. The lowest BCUT2D eigenvalue weighted by Crippen LogP contribution is -2.29. The van der Waals surface area contributed by atoms with Gasteiger partial charge in [-0.05, 0) is 23.8 Å². The summed E-state index contributed by atoms with van der Waals surface area (Å²) >= 11 is 3.43. The summed E-state index contributed by atoms with van der Waals surface area (Å²) in [6.07, 6.45) is 1.49. The Balaban J connectivity index is 1.62. The van der Waals surface area contributed by atoms with Crippen molar-refractivity contribution in [2.24, 2.45) is 0 Å². The molecular weight excluding hydrogens is 356 g/mol. The van der Waals surface area contributed by atoms with Gasteiger partial charge in [0.15, 0.2) is 0 Å². The molecule has 1 amide bonds. The molecule has 116 valence electrons. The van der Waals surface area contributed by atoms with Crippen molar-refractivity contribution >= 4 is 38.6 Å². The minimum Gasteiger partial charge on any atom is -0.360 e. The van der Waals surface area contributed by atoms with Crippen molar-refractivity contribution in [3.05, 3.63) is 64.9 Å². The van der Waals surface area contributed by atoms with E-state index < -0.39 is 0 Å². The average Bonchev–Trinajstić information content (AvgIpc) is 2.59. The Morgan fingerprint density at radius 2 is 1.91 bits per heavy atom. The van der Waals surface area contributed by atoms with Crippen LogP contribution >= 0.6 is 15.9 Å². The highest BCUT2D eigenvalue weighted by Crippen LogP contribution is 2.22. The van der Waals surface area contributed by atoms with Gasteiger partial charge in [-0.1, -0.05) is 46.3 Å². The molecule has 0 aliphatic rings. The zero-order valence-corrected chi connectivity index (χ0v) is 13.9. The van der Waals surface area contributed by atoms with Crippen LogP contribution in [-0.4, -0.2) is 22.4 Å². The molecule has 5 nitrogen and oxygen atoms in total. The number of aromatic nitrogens is 2. The molecule has 3 rings (SSSR count). The second-order valence-electron chi connectivity index (χ2n) is 5.00. The predicted molar refractivity (Wildman–Crippen MR) is 94.0 cm³/mol. The van der Waals surface area contributed by atoms with Crippen LogP contribution in [0.25, 0.3) is 10.9 Å². The Morgan fingerprint density at radius 1 is 1.09 bits per heavy atom. The summed E-state index contributed by atoms with van der Waals surface area (Å²) in [5, 5.41) is 6.81. The summed E-state index contributed by atoms with van der Waals surface area (Å²) in [5.41, 5.74) is 1.90. The van der Waals surface area contributed by atoms with E-state index in [1.807, 2.05) is 48.5 Å². The molecule has 2 aromatic carbocycles. The van der Waals surface area contributed by atoms with Crippen LogP contribution in [-0.2, 0) is 11.3 Å². The Hall–Kier alpha value is -2.47. The molecule has 0 atom stereocenters. The third-order valence-corrected chi connectivity index (χ3v) is 3.84. The zero-order chi connectivity index (χ0) is 16.1. The quantitative estimate of drug-likeness (QED) is 0.723. The minimum absolute atomic E-state index is 0.0874. The summed E-state index contributed by atoms with van der Waals surface area (Å²) < 4.78 is 0.941. The maximum atomic E-state index is 12.0. The molecule has 1 heterocycles. The van der Waals surface area contributed by atoms with Crippen molar-refractivity contribution in [1.29, 1.82) is 0 Å². The SMILES string of the molecule is O=C(CNc1ncnc2ccc(Br)cc12)NCc1ccccc1. The largest absolute Gasteiger partial charge is 0.360 e. The first-order valence-electron chi connectivity index (χ1n) is 7.17.